The second kappa shape index (κ2) is 6.18. The Morgan fingerprint density at radius 2 is 1.74 bits per heavy atom. The molecule has 1 aromatic heterocycles. The fraction of sp³-hybridized carbons (Fsp3) is 0. The molecule has 3 aromatic rings. The van der Waals surface area contributed by atoms with Crippen molar-refractivity contribution in [3.05, 3.63) is 59.9 Å². The van der Waals surface area contributed by atoms with Gasteiger partial charge in [-0.15, -0.1) is 0 Å². The van der Waals surface area contributed by atoms with E-state index in [2.05, 4.69) is 52.8 Å². The minimum absolute atomic E-state index is 0.0266. The zero-order valence-corrected chi connectivity index (χ0v) is 16.1. The lowest BCUT2D eigenvalue weighted by Crippen LogP contribution is -1.98. The Hall–Kier alpha value is -1.51. The van der Waals surface area contributed by atoms with Crippen LogP contribution in [0.1, 0.15) is 0 Å². The summed E-state index contributed by atoms with van der Waals surface area (Å²) in [5.41, 5.74) is 7.69. The fourth-order valence-electron chi connectivity index (χ4n) is 2.32. The molecule has 0 saturated carbocycles. The predicted octanol–water partition coefficient (Wildman–Crippen LogP) is 5.68. The van der Waals surface area contributed by atoms with Gasteiger partial charge in [0, 0.05) is 30.4 Å². The van der Waals surface area contributed by atoms with Gasteiger partial charge in [-0.2, -0.15) is 0 Å². The molecule has 3 rings (SSSR count). The second-order valence-corrected chi connectivity index (χ2v) is 7.48. The fourth-order valence-corrected chi connectivity index (χ4v) is 4.02. The van der Waals surface area contributed by atoms with Crippen LogP contribution in [0.2, 0.25) is 0 Å². The lowest BCUT2D eigenvalue weighted by atomic mass is 10.0. The summed E-state index contributed by atoms with van der Waals surface area (Å²) in [5, 5.41) is 12.2. The first-order valence-corrected chi connectivity index (χ1v) is 8.74. The number of hydrogen-bond acceptors (Lipinski definition) is 4. The van der Waals surface area contributed by atoms with Gasteiger partial charge in [-0.25, -0.2) is 4.98 Å². The molecule has 0 bridgehead atoms. The van der Waals surface area contributed by atoms with Gasteiger partial charge in [-0.05, 0) is 46.3 Å². The summed E-state index contributed by atoms with van der Waals surface area (Å²) in [6.45, 7) is 0. The molecule has 8 heteroatoms. The highest BCUT2D eigenvalue weighted by atomic mass is 79.9. The van der Waals surface area contributed by atoms with Crippen molar-refractivity contribution in [2.24, 2.45) is 0 Å². The topological polar surface area (TPSA) is 82.0 Å². The predicted molar refractivity (Wildman–Crippen MR) is 101 cm³/mol. The van der Waals surface area contributed by atoms with Crippen molar-refractivity contribution in [3.63, 3.8) is 0 Å². The Morgan fingerprint density at radius 3 is 2.43 bits per heavy atom. The first-order chi connectivity index (χ1) is 10.9. The number of halogens is 3. The van der Waals surface area contributed by atoms with E-state index in [0.29, 0.717) is 21.1 Å². The molecule has 0 aliphatic heterocycles. The molecule has 0 fully saturated rings. The molecule has 0 radical (unpaired) electrons. The number of aromatic nitrogens is 1. The molecule has 1 heterocycles. The molecule has 0 spiro atoms. The van der Waals surface area contributed by atoms with Crippen LogP contribution in [0.5, 0.6) is 0 Å². The second-order valence-electron chi connectivity index (χ2n) is 4.80. The number of hydrogen-bond donors (Lipinski definition) is 1. The van der Waals surface area contributed by atoms with Gasteiger partial charge in [-0.1, -0.05) is 31.9 Å². The Labute approximate surface area is 156 Å². The third-order valence-electron chi connectivity index (χ3n) is 3.31. The molecule has 0 aliphatic carbocycles. The first kappa shape index (κ1) is 16.4. The number of benzene rings is 2. The van der Waals surface area contributed by atoms with E-state index in [1.54, 1.807) is 12.1 Å². The Kier molecular flexibility index (Phi) is 4.39. The molecule has 0 saturated heterocycles. The van der Waals surface area contributed by atoms with Crippen molar-refractivity contribution in [3.8, 4) is 11.1 Å². The maximum absolute atomic E-state index is 11.3. The average Bonchev–Trinajstić information content (AvgIpc) is 2.47. The summed E-state index contributed by atoms with van der Waals surface area (Å²) in [5.74, 6) is 0.242. The third kappa shape index (κ3) is 3.11. The van der Waals surface area contributed by atoms with E-state index in [1.807, 2.05) is 18.2 Å². The molecule has 116 valence electrons. The lowest BCUT2D eigenvalue weighted by molar-refractivity contribution is -0.384. The van der Waals surface area contributed by atoms with Crippen LogP contribution in [-0.4, -0.2) is 9.91 Å². The molecule has 0 atom stereocenters. The van der Waals surface area contributed by atoms with E-state index in [9.17, 15) is 10.1 Å². The molecule has 0 amide bonds. The van der Waals surface area contributed by atoms with E-state index >= 15 is 0 Å². The van der Waals surface area contributed by atoms with Crippen LogP contribution in [0.15, 0.2) is 49.8 Å². The van der Waals surface area contributed by atoms with Gasteiger partial charge in [-0.3, -0.25) is 10.1 Å². The number of nitrogens with two attached hydrogens (primary N) is 1. The van der Waals surface area contributed by atoms with E-state index in [4.69, 9.17) is 5.73 Å². The van der Waals surface area contributed by atoms with E-state index in [-0.39, 0.29) is 11.5 Å². The molecular weight excluding hydrogens is 494 g/mol. The Morgan fingerprint density at radius 1 is 1.00 bits per heavy atom. The summed E-state index contributed by atoms with van der Waals surface area (Å²) < 4.78 is 2.30. The van der Waals surface area contributed by atoms with Gasteiger partial charge < -0.3 is 5.73 Å². The summed E-state index contributed by atoms with van der Waals surface area (Å²) >= 11 is 10.1. The van der Waals surface area contributed by atoms with Crippen LogP contribution in [0.3, 0.4) is 0 Å². The Balaban J connectivity index is 2.33. The normalized spacial score (nSPS) is 10.9. The maximum Gasteiger partial charge on any atom is 0.278 e. The van der Waals surface area contributed by atoms with Crippen LogP contribution in [-0.2, 0) is 0 Å². The average molecular weight is 502 g/mol. The Bertz CT molecular complexity index is 960. The van der Waals surface area contributed by atoms with E-state index in [1.165, 1.54) is 6.07 Å². The first-order valence-electron chi connectivity index (χ1n) is 6.36. The van der Waals surface area contributed by atoms with Gasteiger partial charge in [0.05, 0.1) is 16.0 Å². The lowest BCUT2D eigenvalue weighted by Gasteiger charge is -2.10. The van der Waals surface area contributed by atoms with Crippen molar-refractivity contribution in [1.29, 1.82) is 0 Å². The van der Waals surface area contributed by atoms with Crippen molar-refractivity contribution in [2.45, 2.75) is 0 Å². The van der Waals surface area contributed by atoms with Gasteiger partial charge in [0.25, 0.3) is 5.69 Å². The monoisotopic (exact) mass is 499 g/mol. The van der Waals surface area contributed by atoms with Crippen LogP contribution in [0.25, 0.3) is 22.0 Å². The number of fused-ring (bicyclic) bond motifs is 1. The van der Waals surface area contributed by atoms with Crippen LogP contribution < -0.4 is 5.73 Å². The minimum atomic E-state index is -0.430. The van der Waals surface area contributed by atoms with Crippen LogP contribution in [0.4, 0.5) is 11.5 Å². The van der Waals surface area contributed by atoms with Crippen molar-refractivity contribution in [2.75, 3.05) is 5.73 Å². The molecule has 0 aliphatic rings. The summed E-state index contributed by atoms with van der Waals surface area (Å²) in [6, 6.07) is 10.4. The number of pyridine rings is 1. The third-order valence-corrected chi connectivity index (χ3v) is 4.87. The number of nitrogens with zero attached hydrogens (tertiary/aromatic N) is 2. The molecular formula is C15H8Br3N3O2. The number of nitro groups is 1. The smallest absolute Gasteiger partial charge is 0.278 e. The van der Waals surface area contributed by atoms with E-state index < -0.39 is 4.92 Å². The van der Waals surface area contributed by atoms with Gasteiger partial charge in [0.15, 0.2) is 0 Å². The quantitative estimate of drug-likeness (QED) is 0.362. The van der Waals surface area contributed by atoms with Gasteiger partial charge in [0.1, 0.15) is 5.82 Å². The molecule has 2 N–H and O–H groups in total. The van der Waals surface area contributed by atoms with Crippen LogP contribution in [0, 0.1) is 10.1 Å². The highest BCUT2D eigenvalue weighted by Gasteiger charge is 2.19. The number of nitrogen functional groups attached to an aromatic ring is 1. The maximum atomic E-state index is 11.3. The zero-order chi connectivity index (χ0) is 16.7. The number of rotatable bonds is 2. The SMILES string of the molecule is Nc1nc2c(Br)cc(Br)cc2cc1-c1ccc(Br)cc1[N+](=O)[O-]. The number of anilines is 1. The number of nitro benzene ring substituents is 1. The highest BCUT2D eigenvalue weighted by molar-refractivity contribution is 9.11. The van der Waals surface area contributed by atoms with E-state index in [0.717, 1.165) is 14.3 Å². The summed E-state index contributed by atoms with van der Waals surface area (Å²) in [7, 11) is 0. The van der Waals surface area contributed by atoms with Crippen LogP contribution >= 0.6 is 47.8 Å². The van der Waals surface area contributed by atoms with Crippen molar-refractivity contribution >= 4 is 70.2 Å². The minimum Gasteiger partial charge on any atom is -0.383 e. The standard InChI is InChI=1S/C15H8Br3N3O2/c16-8-1-2-10(13(6-8)21(22)23)11-4-7-3-9(17)5-12(18)14(7)20-15(11)19/h1-6H,(H2,19,20). The summed E-state index contributed by atoms with van der Waals surface area (Å²) in [6.07, 6.45) is 0. The van der Waals surface area contributed by atoms with Crippen molar-refractivity contribution < 1.29 is 4.92 Å². The zero-order valence-electron chi connectivity index (χ0n) is 11.4. The van der Waals surface area contributed by atoms with Gasteiger partial charge >= 0.3 is 0 Å². The molecule has 23 heavy (non-hydrogen) atoms. The highest BCUT2D eigenvalue weighted by Crippen LogP contribution is 2.38. The largest absolute Gasteiger partial charge is 0.383 e. The molecule has 2 aromatic carbocycles. The molecule has 0 unspecified atom stereocenters. The van der Waals surface area contributed by atoms with Crippen molar-refractivity contribution in [1.82, 2.24) is 4.98 Å². The molecule has 5 nitrogen and oxygen atoms in total. The van der Waals surface area contributed by atoms with Gasteiger partial charge in [0.2, 0.25) is 0 Å². The summed E-state index contributed by atoms with van der Waals surface area (Å²) in [4.78, 5) is 15.3.